The second-order valence-electron chi connectivity index (χ2n) is 8.14. The third-order valence-corrected chi connectivity index (χ3v) is 5.60. The first kappa shape index (κ1) is 23.9. The van der Waals surface area contributed by atoms with Gasteiger partial charge in [0, 0.05) is 11.6 Å². The highest BCUT2D eigenvalue weighted by molar-refractivity contribution is 5.81. The molecule has 0 radical (unpaired) electrons. The summed E-state index contributed by atoms with van der Waals surface area (Å²) in [6.45, 7) is 5.09. The van der Waals surface area contributed by atoms with Gasteiger partial charge in [0.25, 0.3) is 0 Å². The van der Waals surface area contributed by atoms with Gasteiger partial charge in [-0.3, -0.25) is 0 Å². The molecule has 1 aromatic carbocycles. The van der Waals surface area contributed by atoms with Crippen molar-refractivity contribution in [3.63, 3.8) is 0 Å². The minimum Gasteiger partial charge on any atom is -0.490 e. The SMILES string of the molecule is C=CC(=O)OCCCCCCOc1cnc(-c2ccc(COC3CCCCC3)cc2)nc1. The van der Waals surface area contributed by atoms with E-state index in [-0.39, 0.29) is 5.97 Å². The van der Waals surface area contributed by atoms with Crippen LogP contribution in [0, 0.1) is 0 Å². The van der Waals surface area contributed by atoms with Crippen molar-refractivity contribution >= 4 is 5.97 Å². The van der Waals surface area contributed by atoms with E-state index in [0.29, 0.717) is 37.5 Å². The van der Waals surface area contributed by atoms with Crippen LogP contribution in [0.5, 0.6) is 5.75 Å². The summed E-state index contributed by atoms with van der Waals surface area (Å²) in [6, 6.07) is 8.26. The summed E-state index contributed by atoms with van der Waals surface area (Å²) in [5.41, 5.74) is 2.16. The van der Waals surface area contributed by atoms with Crippen molar-refractivity contribution in [1.29, 1.82) is 0 Å². The largest absolute Gasteiger partial charge is 0.490 e. The predicted octanol–water partition coefficient (Wildman–Crippen LogP) is 5.66. The minimum absolute atomic E-state index is 0.364. The van der Waals surface area contributed by atoms with Crippen LogP contribution in [-0.4, -0.2) is 35.3 Å². The van der Waals surface area contributed by atoms with Gasteiger partial charge in [-0.05, 0) is 44.1 Å². The van der Waals surface area contributed by atoms with E-state index in [1.165, 1.54) is 43.7 Å². The van der Waals surface area contributed by atoms with Gasteiger partial charge in [0.1, 0.15) is 0 Å². The zero-order valence-electron chi connectivity index (χ0n) is 18.8. The molecule has 2 aromatic rings. The molecule has 1 aromatic heterocycles. The Bertz CT molecular complexity index is 815. The molecule has 1 heterocycles. The zero-order valence-corrected chi connectivity index (χ0v) is 18.8. The van der Waals surface area contributed by atoms with Gasteiger partial charge < -0.3 is 14.2 Å². The molecule has 0 bridgehead atoms. The van der Waals surface area contributed by atoms with Crippen LogP contribution in [0.2, 0.25) is 0 Å². The molecule has 6 nitrogen and oxygen atoms in total. The third-order valence-electron chi connectivity index (χ3n) is 5.60. The number of ether oxygens (including phenoxy) is 3. The van der Waals surface area contributed by atoms with E-state index >= 15 is 0 Å². The van der Waals surface area contributed by atoms with Crippen molar-refractivity contribution < 1.29 is 19.0 Å². The lowest BCUT2D eigenvalue weighted by molar-refractivity contribution is -0.137. The first-order chi connectivity index (χ1) is 15.7. The van der Waals surface area contributed by atoms with Gasteiger partial charge in [0.15, 0.2) is 11.6 Å². The maximum Gasteiger partial charge on any atom is 0.330 e. The van der Waals surface area contributed by atoms with Gasteiger partial charge in [0.05, 0.1) is 38.3 Å². The van der Waals surface area contributed by atoms with E-state index in [9.17, 15) is 4.79 Å². The molecular weight excluding hydrogens is 404 g/mol. The second kappa shape index (κ2) is 13.6. The Labute approximate surface area is 191 Å². The van der Waals surface area contributed by atoms with Crippen molar-refractivity contribution in [3.8, 4) is 17.1 Å². The Morgan fingerprint density at radius 2 is 1.66 bits per heavy atom. The Morgan fingerprint density at radius 1 is 0.969 bits per heavy atom. The minimum atomic E-state index is -0.364. The fraction of sp³-hybridized carbons (Fsp3) is 0.500. The van der Waals surface area contributed by atoms with E-state index in [4.69, 9.17) is 14.2 Å². The van der Waals surface area contributed by atoms with Crippen LogP contribution < -0.4 is 4.74 Å². The fourth-order valence-electron chi connectivity index (χ4n) is 3.72. The zero-order chi connectivity index (χ0) is 22.4. The number of carbonyl (C=O) groups excluding carboxylic acids is 1. The Balaban J connectivity index is 1.33. The summed E-state index contributed by atoms with van der Waals surface area (Å²) in [6.07, 6.45) is 15.1. The molecule has 3 rings (SSSR count). The molecule has 0 aliphatic heterocycles. The van der Waals surface area contributed by atoms with Crippen molar-refractivity contribution in [2.24, 2.45) is 0 Å². The molecule has 0 spiro atoms. The molecule has 0 amide bonds. The number of carbonyl (C=O) groups is 1. The summed E-state index contributed by atoms with van der Waals surface area (Å²) in [5, 5.41) is 0. The lowest BCUT2D eigenvalue weighted by atomic mass is 9.98. The Morgan fingerprint density at radius 3 is 2.34 bits per heavy atom. The molecule has 1 aliphatic carbocycles. The molecule has 172 valence electrons. The van der Waals surface area contributed by atoms with Gasteiger partial charge in [0.2, 0.25) is 0 Å². The third kappa shape index (κ3) is 8.42. The first-order valence-corrected chi connectivity index (χ1v) is 11.7. The van der Waals surface area contributed by atoms with Gasteiger partial charge in [-0.2, -0.15) is 0 Å². The maximum atomic E-state index is 10.9. The summed E-state index contributed by atoms with van der Waals surface area (Å²) in [5.74, 6) is 0.994. The summed E-state index contributed by atoms with van der Waals surface area (Å²) < 4.78 is 16.7. The molecule has 32 heavy (non-hydrogen) atoms. The van der Waals surface area contributed by atoms with Crippen LogP contribution in [0.25, 0.3) is 11.4 Å². The average Bonchev–Trinajstić information content (AvgIpc) is 2.85. The molecule has 1 aliphatic rings. The summed E-state index contributed by atoms with van der Waals surface area (Å²) in [4.78, 5) is 19.8. The Kier molecular flexibility index (Phi) is 10.2. The van der Waals surface area contributed by atoms with Gasteiger partial charge in [-0.1, -0.05) is 50.1 Å². The number of unbranched alkanes of at least 4 members (excludes halogenated alkanes) is 3. The van der Waals surface area contributed by atoms with Crippen LogP contribution >= 0.6 is 0 Å². The van der Waals surface area contributed by atoms with E-state index in [1.807, 2.05) is 12.1 Å². The number of aromatic nitrogens is 2. The van der Waals surface area contributed by atoms with Crippen molar-refractivity contribution in [1.82, 2.24) is 9.97 Å². The Hall–Kier alpha value is -2.73. The molecule has 0 atom stereocenters. The van der Waals surface area contributed by atoms with Crippen LogP contribution in [0.15, 0.2) is 49.3 Å². The van der Waals surface area contributed by atoms with Crippen molar-refractivity contribution in [3.05, 3.63) is 54.9 Å². The highest BCUT2D eigenvalue weighted by atomic mass is 16.5. The number of hydrogen-bond donors (Lipinski definition) is 0. The normalized spacial score (nSPS) is 14.1. The monoisotopic (exact) mass is 438 g/mol. The quantitative estimate of drug-likeness (QED) is 0.228. The van der Waals surface area contributed by atoms with Crippen LogP contribution in [0.4, 0.5) is 0 Å². The number of rotatable bonds is 13. The van der Waals surface area contributed by atoms with Crippen LogP contribution in [-0.2, 0) is 20.9 Å². The lowest BCUT2D eigenvalue weighted by Gasteiger charge is -2.22. The fourth-order valence-corrected chi connectivity index (χ4v) is 3.72. The lowest BCUT2D eigenvalue weighted by Crippen LogP contribution is -2.16. The molecule has 1 saturated carbocycles. The van der Waals surface area contributed by atoms with E-state index in [0.717, 1.165) is 31.2 Å². The molecule has 1 fully saturated rings. The number of benzene rings is 1. The van der Waals surface area contributed by atoms with Gasteiger partial charge in [-0.15, -0.1) is 0 Å². The molecule has 0 N–H and O–H groups in total. The topological polar surface area (TPSA) is 70.5 Å². The molecule has 0 unspecified atom stereocenters. The highest BCUT2D eigenvalue weighted by Crippen LogP contribution is 2.22. The molecule has 6 heteroatoms. The van der Waals surface area contributed by atoms with E-state index in [1.54, 1.807) is 12.4 Å². The van der Waals surface area contributed by atoms with Crippen molar-refractivity contribution in [2.45, 2.75) is 70.5 Å². The highest BCUT2D eigenvalue weighted by Gasteiger charge is 2.13. The average molecular weight is 439 g/mol. The number of esters is 1. The van der Waals surface area contributed by atoms with Gasteiger partial charge >= 0.3 is 5.97 Å². The predicted molar refractivity (Wildman–Crippen MR) is 124 cm³/mol. The second-order valence-corrected chi connectivity index (χ2v) is 8.14. The van der Waals surface area contributed by atoms with E-state index in [2.05, 4.69) is 28.7 Å². The van der Waals surface area contributed by atoms with Crippen LogP contribution in [0.1, 0.15) is 63.4 Å². The maximum absolute atomic E-state index is 10.9. The standard InChI is InChI=1S/C26H34N2O4/c1-2-25(29)31-17-9-4-3-8-16-30-24-18-27-26(28-19-24)22-14-12-21(13-15-22)20-32-23-10-6-5-7-11-23/h2,12-15,18-19,23H,1,3-11,16-17,20H2. The smallest absolute Gasteiger partial charge is 0.330 e. The molecule has 0 saturated heterocycles. The number of nitrogens with zero attached hydrogens (tertiary/aromatic N) is 2. The van der Waals surface area contributed by atoms with Crippen LogP contribution in [0.3, 0.4) is 0 Å². The summed E-state index contributed by atoms with van der Waals surface area (Å²) in [7, 11) is 0. The van der Waals surface area contributed by atoms with Gasteiger partial charge in [-0.25, -0.2) is 14.8 Å². The molecular formula is C26H34N2O4. The van der Waals surface area contributed by atoms with E-state index < -0.39 is 0 Å². The number of hydrogen-bond acceptors (Lipinski definition) is 6. The van der Waals surface area contributed by atoms with Crippen molar-refractivity contribution in [2.75, 3.05) is 13.2 Å². The first-order valence-electron chi connectivity index (χ1n) is 11.7. The summed E-state index contributed by atoms with van der Waals surface area (Å²) >= 11 is 0.